The van der Waals surface area contributed by atoms with Crippen molar-refractivity contribution < 1.29 is 4.79 Å². The number of nitrogens with one attached hydrogen (secondary N) is 1. The fourth-order valence-corrected chi connectivity index (χ4v) is 2.06. The average molecular weight is 288 g/mol. The average Bonchev–Trinajstić information content (AvgIpc) is 2.27. The zero-order valence-corrected chi connectivity index (χ0v) is 12.3. The van der Waals surface area contributed by atoms with Crippen LogP contribution in [0, 0.1) is 5.92 Å². The van der Waals surface area contributed by atoms with E-state index in [4.69, 9.17) is 23.2 Å². The summed E-state index contributed by atoms with van der Waals surface area (Å²) in [6.45, 7) is 5.02. The van der Waals surface area contributed by atoms with Crippen molar-refractivity contribution in [3.8, 4) is 0 Å². The zero-order chi connectivity index (χ0) is 13.5. The molecule has 18 heavy (non-hydrogen) atoms. The molecule has 4 heteroatoms. The molecule has 1 N–H and O–H groups in total. The molecule has 2 nitrogen and oxygen atoms in total. The number of aryl methyl sites for hydroxylation is 1. The molecule has 1 amide bonds. The topological polar surface area (TPSA) is 29.1 Å². The Morgan fingerprint density at radius 3 is 2.67 bits per heavy atom. The van der Waals surface area contributed by atoms with Gasteiger partial charge in [-0.3, -0.25) is 4.79 Å². The summed E-state index contributed by atoms with van der Waals surface area (Å²) in [5.41, 5.74) is 0.958. The predicted octanol–water partition coefficient (Wildman–Crippen LogP) is 4.09. The second-order valence-corrected chi connectivity index (χ2v) is 5.61. The fraction of sp³-hybridized carbons (Fsp3) is 0.500. The van der Waals surface area contributed by atoms with Gasteiger partial charge in [0.1, 0.15) is 0 Å². The summed E-state index contributed by atoms with van der Waals surface area (Å²) in [7, 11) is 0. The number of halogens is 2. The van der Waals surface area contributed by atoms with Crippen LogP contribution in [0.3, 0.4) is 0 Å². The highest BCUT2D eigenvalue weighted by Gasteiger charge is 2.05. The molecule has 0 aliphatic rings. The molecule has 0 unspecified atom stereocenters. The first kappa shape index (κ1) is 15.3. The fourth-order valence-electron chi connectivity index (χ4n) is 1.56. The molecule has 0 radical (unpaired) electrons. The van der Waals surface area contributed by atoms with Crippen molar-refractivity contribution >= 4 is 29.1 Å². The van der Waals surface area contributed by atoms with Crippen LogP contribution in [0.15, 0.2) is 18.2 Å². The molecular formula is C14H19Cl2NO. The first-order chi connectivity index (χ1) is 8.49. The highest BCUT2D eigenvalue weighted by Crippen LogP contribution is 2.21. The van der Waals surface area contributed by atoms with E-state index in [1.807, 2.05) is 6.07 Å². The Kier molecular flexibility index (Phi) is 6.51. The number of rotatable bonds is 6. The number of carbonyl (C=O) groups excluding carboxylic acids is 1. The van der Waals surface area contributed by atoms with Gasteiger partial charge in [-0.25, -0.2) is 0 Å². The Morgan fingerprint density at radius 1 is 1.33 bits per heavy atom. The molecule has 0 saturated carbocycles. The molecule has 0 atom stereocenters. The van der Waals surface area contributed by atoms with Gasteiger partial charge in [0.2, 0.25) is 5.91 Å². The van der Waals surface area contributed by atoms with Gasteiger partial charge in [-0.15, -0.1) is 0 Å². The van der Waals surface area contributed by atoms with Crippen molar-refractivity contribution in [2.45, 2.75) is 33.1 Å². The van der Waals surface area contributed by atoms with Crippen LogP contribution >= 0.6 is 23.2 Å². The Labute approximate surface area is 119 Å². The van der Waals surface area contributed by atoms with E-state index in [1.54, 1.807) is 12.1 Å². The minimum atomic E-state index is 0.0710. The molecular weight excluding hydrogens is 269 g/mol. The van der Waals surface area contributed by atoms with Gasteiger partial charge < -0.3 is 5.32 Å². The Hall–Kier alpha value is -0.730. The van der Waals surface area contributed by atoms with Gasteiger partial charge in [0.25, 0.3) is 0 Å². The minimum absolute atomic E-state index is 0.0710. The normalized spacial score (nSPS) is 10.7. The van der Waals surface area contributed by atoms with E-state index < -0.39 is 0 Å². The first-order valence-electron chi connectivity index (χ1n) is 6.19. The van der Waals surface area contributed by atoms with Gasteiger partial charge >= 0.3 is 0 Å². The quantitative estimate of drug-likeness (QED) is 0.839. The number of hydrogen-bond acceptors (Lipinski definition) is 1. The second-order valence-electron chi connectivity index (χ2n) is 4.77. The smallest absolute Gasteiger partial charge is 0.220 e. The highest BCUT2D eigenvalue weighted by molar-refractivity contribution is 6.35. The summed E-state index contributed by atoms with van der Waals surface area (Å²) in [5, 5.41) is 4.15. The monoisotopic (exact) mass is 287 g/mol. The summed E-state index contributed by atoms with van der Waals surface area (Å²) >= 11 is 11.9. The summed E-state index contributed by atoms with van der Waals surface area (Å²) < 4.78 is 0. The third kappa shape index (κ3) is 5.74. The van der Waals surface area contributed by atoms with Crippen LogP contribution in [-0.4, -0.2) is 12.5 Å². The van der Waals surface area contributed by atoms with Crippen molar-refractivity contribution in [3.05, 3.63) is 33.8 Å². The number of carbonyl (C=O) groups is 1. The zero-order valence-electron chi connectivity index (χ0n) is 10.8. The van der Waals surface area contributed by atoms with Gasteiger partial charge in [0, 0.05) is 23.0 Å². The van der Waals surface area contributed by atoms with Crippen molar-refractivity contribution in [2.75, 3.05) is 6.54 Å². The van der Waals surface area contributed by atoms with E-state index in [9.17, 15) is 4.79 Å². The van der Waals surface area contributed by atoms with E-state index in [1.165, 1.54) is 0 Å². The van der Waals surface area contributed by atoms with Crippen LogP contribution in [0.4, 0.5) is 0 Å². The summed E-state index contributed by atoms with van der Waals surface area (Å²) in [6.07, 6.45) is 2.11. The first-order valence-corrected chi connectivity index (χ1v) is 6.95. The van der Waals surface area contributed by atoms with E-state index >= 15 is 0 Å². The molecule has 1 aromatic carbocycles. The van der Waals surface area contributed by atoms with Gasteiger partial charge in [0.15, 0.2) is 0 Å². The third-order valence-electron chi connectivity index (χ3n) is 2.68. The molecule has 0 aliphatic heterocycles. The summed E-state index contributed by atoms with van der Waals surface area (Å²) in [5.74, 6) is 0.678. The number of hydrogen-bond donors (Lipinski definition) is 1. The molecule has 100 valence electrons. The van der Waals surface area contributed by atoms with Crippen LogP contribution in [0.2, 0.25) is 10.0 Å². The molecule has 0 aromatic heterocycles. The van der Waals surface area contributed by atoms with E-state index in [0.717, 1.165) is 18.5 Å². The van der Waals surface area contributed by atoms with Gasteiger partial charge in [-0.1, -0.05) is 43.1 Å². The molecule has 0 fully saturated rings. The molecule has 0 aliphatic carbocycles. The standard InChI is InChI=1S/C14H19Cl2NO/c1-10(2)7-8-17-14(18)6-4-11-3-5-12(15)9-13(11)16/h3,5,9-10H,4,6-8H2,1-2H3,(H,17,18). The van der Waals surface area contributed by atoms with Crippen molar-refractivity contribution in [3.63, 3.8) is 0 Å². The minimum Gasteiger partial charge on any atom is -0.356 e. The molecule has 0 saturated heterocycles. The van der Waals surface area contributed by atoms with Crippen molar-refractivity contribution in [1.82, 2.24) is 5.32 Å². The lowest BCUT2D eigenvalue weighted by atomic mass is 10.1. The third-order valence-corrected chi connectivity index (χ3v) is 3.27. The van der Waals surface area contributed by atoms with E-state index in [2.05, 4.69) is 19.2 Å². The van der Waals surface area contributed by atoms with Crippen LogP contribution in [0.25, 0.3) is 0 Å². The van der Waals surface area contributed by atoms with Crippen LogP contribution in [-0.2, 0) is 11.2 Å². The SMILES string of the molecule is CC(C)CCNC(=O)CCc1ccc(Cl)cc1Cl. The summed E-state index contributed by atoms with van der Waals surface area (Å²) in [6, 6.07) is 5.36. The van der Waals surface area contributed by atoms with Gasteiger partial charge in [-0.05, 0) is 36.5 Å². The summed E-state index contributed by atoms with van der Waals surface area (Å²) in [4.78, 5) is 11.6. The van der Waals surface area contributed by atoms with E-state index in [0.29, 0.717) is 28.8 Å². The lowest BCUT2D eigenvalue weighted by molar-refractivity contribution is -0.121. The lowest BCUT2D eigenvalue weighted by Crippen LogP contribution is -2.25. The van der Waals surface area contributed by atoms with Crippen molar-refractivity contribution in [1.29, 1.82) is 0 Å². The second kappa shape index (κ2) is 7.65. The van der Waals surface area contributed by atoms with Crippen LogP contribution in [0.1, 0.15) is 32.3 Å². The predicted molar refractivity (Wildman–Crippen MR) is 77.2 cm³/mol. The Bertz CT molecular complexity index is 405. The molecule has 0 spiro atoms. The highest BCUT2D eigenvalue weighted by atomic mass is 35.5. The Morgan fingerprint density at radius 2 is 2.06 bits per heavy atom. The molecule has 1 aromatic rings. The maximum absolute atomic E-state index is 11.6. The molecule has 0 heterocycles. The van der Waals surface area contributed by atoms with Gasteiger partial charge in [0.05, 0.1) is 0 Å². The van der Waals surface area contributed by atoms with Crippen molar-refractivity contribution in [2.24, 2.45) is 5.92 Å². The van der Waals surface area contributed by atoms with Crippen LogP contribution in [0.5, 0.6) is 0 Å². The van der Waals surface area contributed by atoms with Gasteiger partial charge in [-0.2, -0.15) is 0 Å². The Balaban J connectivity index is 2.33. The number of benzene rings is 1. The maximum atomic E-state index is 11.6. The van der Waals surface area contributed by atoms with E-state index in [-0.39, 0.29) is 5.91 Å². The molecule has 1 rings (SSSR count). The lowest BCUT2D eigenvalue weighted by Gasteiger charge is -2.08. The van der Waals surface area contributed by atoms with Crippen LogP contribution < -0.4 is 5.32 Å². The maximum Gasteiger partial charge on any atom is 0.220 e. The largest absolute Gasteiger partial charge is 0.356 e. The number of amides is 1. The molecule has 0 bridgehead atoms.